The first-order valence-corrected chi connectivity index (χ1v) is 12.1. The molecule has 1 nitrogen and oxygen atoms in total. The van der Waals surface area contributed by atoms with Gasteiger partial charge in [-0.2, -0.15) is 0 Å². The van der Waals surface area contributed by atoms with Crippen molar-refractivity contribution in [3.05, 3.63) is 0 Å². The summed E-state index contributed by atoms with van der Waals surface area (Å²) >= 11 is 0. The summed E-state index contributed by atoms with van der Waals surface area (Å²) in [5, 5.41) is 0. The van der Waals surface area contributed by atoms with Gasteiger partial charge in [-0.25, -0.2) is 0 Å². The molecule has 0 N–H and O–H groups in total. The van der Waals surface area contributed by atoms with E-state index in [-0.39, 0.29) is 14.9 Å². The van der Waals surface area contributed by atoms with Crippen molar-refractivity contribution < 1.29 is 4.43 Å². The highest BCUT2D eigenvalue weighted by Crippen LogP contribution is 2.27. The maximum Gasteiger partial charge on any atom is 0.186 e. The molecule has 0 saturated carbocycles. The summed E-state index contributed by atoms with van der Waals surface area (Å²) in [5.74, 6) is 0. The molecule has 94 valence electrons. The Morgan fingerprint density at radius 3 is 2.00 bits per heavy atom. The Labute approximate surface area is 99.8 Å². The van der Waals surface area contributed by atoms with Crippen LogP contribution in [0.1, 0.15) is 27.7 Å². The first kappa shape index (κ1) is 17.8. The first-order valence-electron chi connectivity index (χ1n) is 5.55. The van der Waals surface area contributed by atoms with Crippen LogP contribution in [0, 0.1) is 0 Å². The van der Waals surface area contributed by atoms with Crippen LogP contribution < -0.4 is 0 Å². The highest BCUT2D eigenvalue weighted by atomic mass is 28.4. The average Bonchev–Trinajstić information content (AvgIpc) is 2.04. The third-order valence-electron chi connectivity index (χ3n) is 3.14. The molecule has 1 aliphatic rings. The largest absolute Gasteiger partial charge is 0.417 e. The molecule has 1 rings (SSSR count). The van der Waals surface area contributed by atoms with E-state index in [0.29, 0.717) is 0 Å². The zero-order valence-corrected chi connectivity index (χ0v) is 11.7. The standard InChI is InChI=1S/C10H24OSi2.2CH4/c1-12(2)8-6-5-7-11-13(3,4)10-9-12;;/h5-10H2,1-4H3;2*1H4. The fourth-order valence-electron chi connectivity index (χ4n) is 1.89. The summed E-state index contributed by atoms with van der Waals surface area (Å²) in [4.78, 5) is 0. The third kappa shape index (κ3) is 7.31. The van der Waals surface area contributed by atoms with E-state index in [1.807, 2.05) is 0 Å². The maximum atomic E-state index is 6.00. The summed E-state index contributed by atoms with van der Waals surface area (Å²) in [6.45, 7) is 10.9. The predicted octanol–water partition coefficient (Wildman–Crippen LogP) is 4.98. The van der Waals surface area contributed by atoms with Gasteiger partial charge in [0.15, 0.2) is 8.32 Å². The third-order valence-corrected chi connectivity index (χ3v) is 9.39. The van der Waals surface area contributed by atoms with Crippen LogP contribution in [0.5, 0.6) is 0 Å². The molecule has 0 spiro atoms. The van der Waals surface area contributed by atoms with Gasteiger partial charge >= 0.3 is 0 Å². The molecule has 0 aliphatic carbocycles. The van der Waals surface area contributed by atoms with E-state index in [9.17, 15) is 0 Å². The molecule has 1 aliphatic heterocycles. The lowest BCUT2D eigenvalue weighted by atomic mass is 10.4. The summed E-state index contributed by atoms with van der Waals surface area (Å²) in [6.07, 6.45) is 2.70. The molecule has 3 heteroatoms. The second-order valence-electron chi connectivity index (χ2n) is 5.73. The molecule has 0 aromatic carbocycles. The topological polar surface area (TPSA) is 9.23 Å². The van der Waals surface area contributed by atoms with Crippen molar-refractivity contribution in [3.63, 3.8) is 0 Å². The van der Waals surface area contributed by atoms with Gasteiger partial charge in [-0.3, -0.25) is 0 Å². The Morgan fingerprint density at radius 1 is 0.800 bits per heavy atom. The van der Waals surface area contributed by atoms with Crippen molar-refractivity contribution in [1.82, 2.24) is 0 Å². The van der Waals surface area contributed by atoms with E-state index in [0.717, 1.165) is 6.61 Å². The van der Waals surface area contributed by atoms with Gasteiger partial charge in [-0.1, -0.05) is 46.5 Å². The molecule has 1 saturated heterocycles. The van der Waals surface area contributed by atoms with Crippen molar-refractivity contribution in [2.75, 3.05) is 6.61 Å². The Kier molecular flexibility index (Phi) is 8.14. The Balaban J connectivity index is 0. The van der Waals surface area contributed by atoms with E-state index < -0.39 is 16.4 Å². The molecule has 0 aromatic heterocycles. The van der Waals surface area contributed by atoms with Crippen LogP contribution in [0.3, 0.4) is 0 Å². The monoisotopic (exact) mass is 248 g/mol. The van der Waals surface area contributed by atoms with Crippen LogP contribution in [-0.4, -0.2) is 23.0 Å². The quantitative estimate of drug-likeness (QED) is 0.549. The van der Waals surface area contributed by atoms with Crippen LogP contribution in [-0.2, 0) is 4.43 Å². The Bertz CT molecular complexity index is 149. The molecule has 15 heavy (non-hydrogen) atoms. The molecule has 0 radical (unpaired) electrons. The van der Waals surface area contributed by atoms with Crippen molar-refractivity contribution in [2.45, 2.75) is 72.0 Å². The number of rotatable bonds is 0. The molecule has 0 bridgehead atoms. The lowest BCUT2D eigenvalue weighted by Crippen LogP contribution is -2.33. The van der Waals surface area contributed by atoms with Crippen LogP contribution in [0.15, 0.2) is 0 Å². The second kappa shape index (κ2) is 6.87. The number of hydrogen-bond donors (Lipinski definition) is 0. The van der Waals surface area contributed by atoms with Crippen molar-refractivity contribution in [2.24, 2.45) is 0 Å². The van der Waals surface area contributed by atoms with E-state index in [1.165, 1.54) is 31.0 Å². The molecule has 1 fully saturated rings. The van der Waals surface area contributed by atoms with Crippen molar-refractivity contribution >= 4 is 16.4 Å². The summed E-state index contributed by atoms with van der Waals surface area (Å²) < 4.78 is 6.00. The highest BCUT2D eigenvalue weighted by molar-refractivity contribution is 6.80. The fraction of sp³-hybridized carbons (Fsp3) is 1.00. The van der Waals surface area contributed by atoms with Crippen LogP contribution in [0.4, 0.5) is 0 Å². The zero-order chi connectivity index (χ0) is 9.95. The van der Waals surface area contributed by atoms with Gasteiger partial charge in [0.25, 0.3) is 0 Å². The van der Waals surface area contributed by atoms with Crippen LogP contribution in [0.2, 0.25) is 44.3 Å². The summed E-state index contributed by atoms with van der Waals surface area (Å²) in [6, 6.07) is 4.40. The molecule has 0 aromatic rings. The van der Waals surface area contributed by atoms with Gasteiger partial charge in [0.2, 0.25) is 0 Å². The molecule has 0 atom stereocenters. The average molecular weight is 249 g/mol. The van der Waals surface area contributed by atoms with Crippen molar-refractivity contribution in [3.8, 4) is 0 Å². The fourth-order valence-corrected chi connectivity index (χ4v) is 9.30. The lowest BCUT2D eigenvalue weighted by molar-refractivity contribution is 0.300. The molecule has 0 amide bonds. The highest BCUT2D eigenvalue weighted by Gasteiger charge is 2.29. The Morgan fingerprint density at radius 2 is 1.40 bits per heavy atom. The van der Waals surface area contributed by atoms with Gasteiger partial charge in [0, 0.05) is 14.7 Å². The SMILES string of the molecule is C.C.C[Si]1(C)CCCCO[Si](C)(C)CC1. The van der Waals surface area contributed by atoms with Crippen LogP contribution in [0.25, 0.3) is 0 Å². The minimum absolute atomic E-state index is 0. The van der Waals surface area contributed by atoms with E-state index in [2.05, 4.69) is 26.2 Å². The molecular formula is C12H32OSi2. The molecular weight excluding hydrogens is 216 g/mol. The lowest BCUT2D eigenvalue weighted by Gasteiger charge is -2.26. The van der Waals surface area contributed by atoms with Gasteiger partial charge in [0.05, 0.1) is 0 Å². The smallest absolute Gasteiger partial charge is 0.186 e. The van der Waals surface area contributed by atoms with E-state index >= 15 is 0 Å². The van der Waals surface area contributed by atoms with Crippen molar-refractivity contribution in [1.29, 1.82) is 0 Å². The first-order chi connectivity index (χ1) is 5.91. The minimum atomic E-state index is -1.26. The normalized spacial score (nSPS) is 24.8. The van der Waals surface area contributed by atoms with Gasteiger partial charge < -0.3 is 4.43 Å². The number of hydrogen-bond acceptors (Lipinski definition) is 1. The molecule has 1 heterocycles. The molecule has 0 unspecified atom stereocenters. The summed E-state index contributed by atoms with van der Waals surface area (Å²) in [5.41, 5.74) is 0. The summed E-state index contributed by atoms with van der Waals surface area (Å²) in [7, 11) is -2.10. The zero-order valence-electron chi connectivity index (χ0n) is 9.65. The van der Waals surface area contributed by atoms with E-state index in [1.54, 1.807) is 0 Å². The minimum Gasteiger partial charge on any atom is -0.417 e. The van der Waals surface area contributed by atoms with E-state index in [4.69, 9.17) is 4.43 Å². The van der Waals surface area contributed by atoms with Gasteiger partial charge in [0.1, 0.15) is 0 Å². The second-order valence-corrected chi connectivity index (χ2v) is 15.4. The maximum absolute atomic E-state index is 6.00. The van der Waals surface area contributed by atoms with Gasteiger partial charge in [-0.05, 0) is 25.6 Å². The predicted molar refractivity (Wildman–Crippen MR) is 78.0 cm³/mol. The van der Waals surface area contributed by atoms with Crippen LogP contribution >= 0.6 is 0 Å². The Hall–Kier alpha value is 0.394. The van der Waals surface area contributed by atoms with Gasteiger partial charge in [-0.15, -0.1) is 0 Å².